The second-order valence-corrected chi connectivity index (χ2v) is 5.96. The van der Waals surface area contributed by atoms with Crippen molar-refractivity contribution in [3.8, 4) is 0 Å². The molecule has 1 unspecified atom stereocenters. The lowest BCUT2D eigenvalue weighted by atomic mass is 9.99. The fraction of sp³-hybridized carbons (Fsp3) is 0.500. The van der Waals surface area contributed by atoms with Crippen molar-refractivity contribution in [2.24, 2.45) is 0 Å². The third-order valence-electron chi connectivity index (χ3n) is 3.78. The molecule has 0 bridgehead atoms. The van der Waals surface area contributed by atoms with Crippen molar-refractivity contribution in [1.29, 1.82) is 0 Å². The number of carbonyl (C=O) groups is 1. The first-order chi connectivity index (χ1) is 9.65. The number of halogens is 2. The minimum atomic E-state index is -0.239. The summed E-state index contributed by atoms with van der Waals surface area (Å²) in [5, 5.41) is 4.48. The summed E-state index contributed by atoms with van der Waals surface area (Å²) >= 11 is 12.3. The van der Waals surface area contributed by atoms with Gasteiger partial charge in [0.1, 0.15) is 6.04 Å². The van der Waals surface area contributed by atoms with Crippen molar-refractivity contribution in [1.82, 2.24) is 10.2 Å². The molecule has 1 atom stereocenters. The van der Waals surface area contributed by atoms with Crippen molar-refractivity contribution in [2.45, 2.75) is 19.0 Å². The molecule has 0 spiro atoms. The second-order valence-electron chi connectivity index (χ2n) is 5.12. The first-order valence-corrected chi connectivity index (χ1v) is 7.47. The summed E-state index contributed by atoms with van der Waals surface area (Å²) in [6, 6.07) is 3.43. The average Bonchev–Trinajstić information content (AvgIpc) is 2.47. The smallest absolute Gasteiger partial charge is 0.242 e. The average molecular weight is 315 g/mol. The zero-order valence-electron chi connectivity index (χ0n) is 11.0. The van der Waals surface area contributed by atoms with E-state index in [-0.39, 0.29) is 11.9 Å². The van der Waals surface area contributed by atoms with Crippen molar-refractivity contribution < 1.29 is 9.53 Å². The zero-order valence-corrected chi connectivity index (χ0v) is 12.5. The Hall–Kier alpha value is -0.810. The van der Waals surface area contributed by atoms with Crippen LogP contribution in [0.2, 0.25) is 10.0 Å². The molecule has 2 aliphatic rings. The highest BCUT2D eigenvalue weighted by Gasteiger charge is 2.29. The highest BCUT2D eigenvalue weighted by molar-refractivity contribution is 6.35. The molecule has 3 rings (SSSR count). The van der Waals surface area contributed by atoms with Gasteiger partial charge in [0.25, 0.3) is 0 Å². The molecule has 0 saturated carbocycles. The number of hydrogen-bond donors (Lipinski definition) is 1. The lowest BCUT2D eigenvalue weighted by Crippen LogP contribution is -2.53. The van der Waals surface area contributed by atoms with Gasteiger partial charge in [0.05, 0.1) is 13.2 Å². The monoisotopic (exact) mass is 314 g/mol. The van der Waals surface area contributed by atoms with Gasteiger partial charge in [-0.15, -0.1) is 0 Å². The molecular formula is C14H16Cl2N2O2. The second kappa shape index (κ2) is 5.90. The Morgan fingerprint density at radius 2 is 2.25 bits per heavy atom. The van der Waals surface area contributed by atoms with Gasteiger partial charge in [-0.05, 0) is 29.7 Å². The van der Waals surface area contributed by atoms with Gasteiger partial charge in [0.15, 0.2) is 0 Å². The SMILES string of the molecule is O=C(C1COCCN1)N1CCc2cc(Cl)cc(Cl)c2C1. The third-order valence-corrected chi connectivity index (χ3v) is 4.34. The Morgan fingerprint density at radius 3 is 3.00 bits per heavy atom. The first kappa shape index (κ1) is 14.1. The number of carbonyl (C=O) groups excluding carboxylic acids is 1. The highest BCUT2D eigenvalue weighted by atomic mass is 35.5. The molecule has 4 nitrogen and oxygen atoms in total. The van der Waals surface area contributed by atoms with Gasteiger partial charge in [-0.3, -0.25) is 4.79 Å². The van der Waals surface area contributed by atoms with Gasteiger partial charge in [-0.25, -0.2) is 0 Å². The molecule has 1 saturated heterocycles. The van der Waals surface area contributed by atoms with E-state index < -0.39 is 0 Å². The van der Waals surface area contributed by atoms with Crippen LogP contribution in [0, 0.1) is 0 Å². The number of rotatable bonds is 1. The van der Waals surface area contributed by atoms with E-state index in [0.29, 0.717) is 36.3 Å². The van der Waals surface area contributed by atoms with E-state index in [9.17, 15) is 4.79 Å². The van der Waals surface area contributed by atoms with Crippen LogP contribution in [-0.2, 0) is 22.5 Å². The molecular weight excluding hydrogens is 299 g/mol. The summed E-state index contributed by atoms with van der Waals surface area (Å²) < 4.78 is 5.35. The number of hydrogen-bond acceptors (Lipinski definition) is 3. The number of amides is 1. The van der Waals surface area contributed by atoms with E-state index in [1.54, 1.807) is 6.07 Å². The van der Waals surface area contributed by atoms with Crippen LogP contribution in [0.3, 0.4) is 0 Å². The lowest BCUT2D eigenvalue weighted by molar-refractivity contribution is -0.137. The fourth-order valence-corrected chi connectivity index (χ4v) is 3.31. The molecule has 0 radical (unpaired) electrons. The predicted molar refractivity (Wildman–Crippen MR) is 78.2 cm³/mol. The van der Waals surface area contributed by atoms with Crippen LogP contribution in [0.4, 0.5) is 0 Å². The minimum Gasteiger partial charge on any atom is -0.378 e. The molecule has 1 amide bonds. The van der Waals surface area contributed by atoms with Crippen LogP contribution in [0.1, 0.15) is 11.1 Å². The topological polar surface area (TPSA) is 41.6 Å². The summed E-state index contributed by atoms with van der Waals surface area (Å²) in [6.07, 6.45) is 0.787. The molecule has 6 heteroatoms. The Labute approximate surface area is 128 Å². The Bertz CT molecular complexity index is 530. The molecule has 1 aromatic carbocycles. The van der Waals surface area contributed by atoms with Crippen LogP contribution in [0.25, 0.3) is 0 Å². The molecule has 2 aliphatic heterocycles. The van der Waals surface area contributed by atoms with Crippen LogP contribution < -0.4 is 5.32 Å². The first-order valence-electron chi connectivity index (χ1n) is 6.72. The lowest BCUT2D eigenvalue weighted by Gasteiger charge is -2.33. The summed E-state index contributed by atoms with van der Waals surface area (Å²) in [4.78, 5) is 14.3. The van der Waals surface area contributed by atoms with Gasteiger partial charge >= 0.3 is 0 Å². The fourth-order valence-electron chi connectivity index (χ4n) is 2.71. The Kier molecular flexibility index (Phi) is 4.17. The standard InChI is InChI=1S/C14H16Cl2N2O2/c15-10-5-9-1-3-18(7-11(9)12(16)6-10)14(19)13-8-20-4-2-17-13/h5-6,13,17H,1-4,7-8H2. The number of benzene rings is 1. The number of nitrogens with zero attached hydrogens (tertiary/aromatic N) is 1. The molecule has 1 fully saturated rings. The van der Waals surface area contributed by atoms with Crippen molar-refractivity contribution >= 4 is 29.1 Å². The number of fused-ring (bicyclic) bond motifs is 1. The van der Waals surface area contributed by atoms with Gasteiger partial charge in [-0.2, -0.15) is 0 Å². The Morgan fingerprint density at radius 1 is 1.40 bits per heavy atom. The van der Waals surface area contributed by atoms with Gasteiger partial charge < -0.3 is 15.0 Å². The summed E-state index contributed by atoms with van der Waals surface area (Å²) in [7, 11) is 0. The van der Waals surface area contributed by atoms with E-state index in [0.717, 1.165) is 24.1 Å². The quantitative estimate of drug-likeness (QED) is 0.860. The predicted octanol–water partition coefficient (Wildman–Crippen LogP) is 1.87. The minimum absolute atomic E-state index is 0.0846. The highest BCUT2D eigenvalue weighted by Crippen LogP contribution is 2.30. The molecule has 1 N–H and O–H groups in total. The van der Waals surface area contributed by atoms with Crippen LogP contribution in [-0.4, -0.2) is 43.2 Å². The van der Waals surface area contributed by atoms with E-state index in [2.05, 4.69) is 5.32 Å². The maximum absolute atomic E-state index is 12.5. The molecule has 0 aliphatic carbocycles. The van der Waals surface area contributed by atoms with E-state index >= 15 is 0 Å². The normalized spacial score (nSPS) is 22.5. The zero-order chi connectivity index (χ0) is 14.1. The maximum Gasteiger partial charge on any atom is 0.242 e. The molecule has 2 heterocycles. The molecule has 0 aromatic heterocycles. The summed E-state index contributed by atoms with van der Waals surface area (Å²) in [5.41, 5.74) is 2.15. The van der Waals surface area contributed by atoms with E-state index in [1.165, 1.54) is 0 Å². The number of nitrogens with one attached hydrogen (secondary N) is 1. The summed E-state index contributed by atoms with van der Waals surface area (Å²) in [5.74, 6) is 0.0846. The van der Waals surface area contributed by atoms with Gasteiger partial charge in [0.2, 0.25) is 5.91 Å². The molecule has 1 aromatic rings. The van der Waals surface area contributed by atoms with Crippen molar-refractivity contribution in [3.05, 3.63) is 33.3 Å². The van der Waals surface area contributed by atoms with Crippen LogP contribution in [0.5, 0.6) is 0 Å². The van der Waals surface area contributed by atoms with Gasteiger partial charge in [-0.1, -0.05) is 23.2 Å². The van der Waals surface area contributed by atoms with E-state index in [1.807, 2.05) is 11.0 Å². The van der Waals surface area contributed by atoms with Crippen molar-refractivity contribution in [2.75, 3.05) is 26.3 Å². The number of ether oxygens (including phenoxy) is 1. The van der Waals surface area contributed by atoms with Crippen LogP contribution in [0.15, 0.2) is 12.1 Å². The van der Waals surface area contributed by atoms with Gasteiger partial charge in [0, 0.05) is 29.7 Å². The Balaban J connectivity index is 1.76. The molecule has 108 valence electrons. The third kappa shape index (κ3) is 2.79. The summed E-state index contributed by atoms with van der Waals surface area (Å²) in [6.45, 7) is 3.06. The van der Waals surface area contributed by atoms with Crippen molar-refractivity contribution in [3.63, 3.8) is 0 Å². The maximum atomic E-state index is 12.5. The molecule has 20 heavy (non-hydrogen) atoms. The number of morpholine rings is 1. The largest absolute Gasteiger partial charge is 0.378 e. The van der Waals surface area contributed by atoms with Crippen LogP contribution >= 0.6 is 23.2 Å². The van der Waals surface area contributed by atoms with E-state index in [4.69, 9.17) is 27.9 Å².